The molecule has 4 aliphatic rings. The molecule has 0 spiro atoms. The van der Waals surface area contributed by atoms with E-state index in [1.54, 1.807) is 13.8 Å². The van der Waals surface area contributed by atoms with E-state index >= 15 is 0 Å². The van der Waals surface area contributed by atoms with Gasteiger partial charge in [-0.05, 0) is 70.1 Å². The lowest BCUT2D eigenvalue weighted by atomic mass is 9.49. The SMILES string of the molecule is Cc1noc(C(C)OC(=O)CCNC(=O)C23CC4CC(CC(C4)C2)C3)n1. The van der Waals surface area contributed by atoms with Crippen LogP contribution in [0.1, 0.15) is 69.7 Å². The number of hydrogen-bond acceptors (Lipinski definition) is 6. The molecule has 7 heteroatoms. The zero-order valence-electron chi connectivity index (χ0n) is 15.5. The van der Waals surface area contributed by atoms with Gasteiger partial charge in [0.25, 0.3) is 5.89 Å². The van der Waals surface area contributed by atoms with Crippen LogP contribution < -0.4 is 5.32 Å². The van der Waals surface area contributed by atoms with Crippen LogP contribution in [0.3, 0.4) is 0 Å². The number of nitrogens with zero attached hydrogens (tertiary/aromatic N) is 2. The second-order valence-electron chi connectivity index (χ2n) is 8.52. The molecule has 142 valence electrons. The molecular formula is C19H27N3O4. The summed E-state index contributed by atoms with van der Waals surface area (Å²) in [7, 11) is 0. The molecule has 4 fully saturated rings. The quantitative estimate of drug-likeness (QED) is 0.783. The Hall–Kier alpha value is -1.92. The van der Waals surface area contributed by atoms with Crippen molar-refractivity contribution in [2.24, 2.45) is 23.2 Å². The first-order chi connectivity index (χ1) is 12.4. The maximum atomic E-state index is 12.8. The number of ether oxygens (including phenoxy) is 1. The molecule has 1 heterocycles. The summed E-state index contributed by atoms with van der Waals surface area (Å²) in [6, 6.07) is 0. The molecule has 1 aromatic rings. The molecular weight excluding hydrogens is 334 g/mol. The molecule has 0 aromatic carbocycles. The minimum atomic E-state index is -0.581. The third kappa shape index (κ3) is 3.35. The maximum absolute atomic E-state index is 12.8. The molecule has 26 heavy (non-hydrogen) atoms. The zero-order chi connectivity index (χ0) is 18.3. The third-order valence-electron chi connectivity index (χ3n) is 6.33. The number of aryl methyl sites for hydroxylation is 1. The fourth-order valence-electron chi connectivity index (χ4n) is 5.64. The average molecular weight is 361 g/mol. The van der Waals surface area contributed by atoms with Gasteiger partial charge in [0.2, 0.25) is 5.91 Å². The summed E-state index contributed by atoms with van der Waals surface area (Å²) in [5.41, 5.74) is -0.173. The van der Waals surface area contributed by atoms with E-state index in [1.165, 1.54) is 19.3 Å². The van der Waals surface area contributed by atoms with Crippen LogP contribution in [0.25, 0.3) is 0 Å². The van der Waals surface area contributed by atoms with Gasteiger partial charge in [-0.1, -0.05) is 5.16 Å². The molecule has 1 unspecified atom stereocenters. The van der Waals surface area contributed by atoms with Crippen molar-refractivity contribution in [3.8, 4) is 0 Å². The molecule has 7 nitrogen and oxygen atoms in total. The van der Waals surface area contributed by atoms with Gasteiger partial charge in [0.1, 0.15) is 0 Å². The zero-order valence-corrected chi connectivity index (χ0v) is 15.5. The van der Waals surface area contributed by atoms with Crippen LogP contribution in [0.2, 0.25) is 0 Å². The Kier molecular flexibility index (Phi) is 4.49. The van der Waals surface area contributed by atoms with Crippen LogP contribution in [-0.2, 0) is 14.3 Å². The second kappa shape index (κ2) is 6.67. The van der Waals surface area contributed by atoms with Gasteiger partial charge < -0.3 is 14.6 Å². The van der Waals surface area contributed by atoms with Crippen LogP contribution in [0.15, 0.2) is 4.52 Å². The number of carbonyl (C=O) groups is 2. The van der Waals surface area contributed by atoms with Crippen LogP contribution in [0.5, 0.6) is 0 Å². The molecule has 1 amide bonds. The summed E-state index contributed by atoms with van der Waals surface area (Å²) in [4.78, 5) is 28.9. The van der Waals surface area contributed by atoms with E-state index in [-0.39, 0.29) is 29.6 Å². The Labute approximate surface area is 153 Å². The van der Waals surface area contributed by atoms with Gasteiger partial charge in [-0.3, -0.25) is 9.59 Å². The molecule has 4 saturated carbocycles. The first-order valence-electron chi connectivity index (χ1n) is 9.71. The number of amides is 1. The number of hydrogen-bond donors (Lipinski definition) is 1. The minimum Gasteiger partial charge on any atom is -0.452 e. The molecule has 0 saturated heterocycles. The maximum Gasteiger partial charge on any atom is 0.308 e. The lowest BCUT2D eigenvalue weighted by Crippen LogP contribution is -2.53. The highest BCUT2D eigenvalue weighted by Gasteiger charge is 2.54. The fourth-order valence-corrected chi connectivity index (χ4v) is 5.64. The molecule has 4 aliphatic carbocycles. The number of esters is 1. The van der Waals surface area contributed by atoms with E-state index < -0.39 is 6.10 Å². The average Bonchev–Trinajstić information content (AvgIpc) is 3.00. The van der Waals surface area contributed by atoms with Crippen molar-refractivity contribution in [2.75, 3.05) is 6.54 Å². The van der Waals surface area contributed by atoms with E-state index in [9.17, 15) is 9.59 Å². The Bertz CT molecular complexity index is 663. The summed E-state index contributed by atoms with van der Waals surface area (Å²) in [6.45, 7) is 3.72. The summed E-state index contributed by atoms with van der Waals surface area (Å²) < 4.78 is 10.3. The Balaban J connectivity index is 1.24. The van der Waals surface area contributed by atoms with Crippen molar-refractivity contribution in [3.05, 3.63) is 11.7 Å². The van der Waals surface area contributed by atoms with E-state index in [1.807, 2.05) is 0 Å². The van der Waals surface area contributed by atoms with Crippen LogP contribution in [0, 0.1) is 30.1 Å². The van der Waals surface area contributed by atoms with Crippen LogP contribution >= 0.6 is 0 Å². The number of nitrogens with one attached hydrogen (secondary N) is 1. The van der Waals surface area contributed by atoms with Crippen molar-refractivity contribution in [3.63, 3.8) is 0 Å². The molecule has 4 bridgehead atoms. The molecule has 1 atom stereocenters. The van der Waals surface area contributed by atoms with Gasteiger partial charge in [0.15, 0.2) is 11.9 Å². The Morgan fingerprint density at radius 2 is 1.85 bits per heavy atom. The highest BCUT2D eigenvalue weighted by Crippen LogP contribution is 2.60. The lowest BCUT2D eigenvalue weighted by molar-refractivity contribution is -0.150. The van der Waals surface area contributed by atoms with Gasteiger partial charge in [0.05, 0.1) is 6.42 Å². The van der Waals surface area contributed by atoms with Crippen LogP contribution in [0.4, 0.5) is 0 Å². The topological polar surface area (TPSA) is 94.3 Å². The Morgan fingerprint density at radius 1 is 1.23 bits per heavy atom. The van der Waals surface area contributed by atoms with Gasteiger partial charge in [0, 0.05) is 12.0 Å². The van der Waals surface area contributed by atoms with Gasteiger partial charge >= 0.3 is 5.97 Å². The predicted octanol–water partition coefficient (Wildman–Crippen LogP) is 2.70. The number of aromatic nitrogens is 2. The standard InChI is InChI=1S/C19H27N3O4/c1-11(17-21-12(2)22-26-17)25-16(23)3-4-20-18(24)19-8-13-5-14(9-19)7-15(6-13)10-19/h11,13-15H,3-10H2,1-2H3,(H,20,24). The van der Waals surface area contributed by atoms with Crippen molar-refractivity contribution < 1.29 is 18.8 Å². The number of rotatable bonds is 6. The van der Waals surface area contributed by atoms with E-state index in [0.717, 1.165) is 37.0 Å². The monoisotopic (exact) mass is 361 g/mol. The van der Waals surface area contributed by atoms with Gasteiger partial charge in [-0.15, -0.1) is 0 Å². The Morgan fingerprint density at radius 3 is 2.38 bits per heavy atom. The van der Waals surface area contributed by atoms with Gasteiger partial charge in [-0.2, -0.15) is 4.98 Å². The highest BCUT2D eigenvalue weighted by molar-refractivity contribution is 5.83. The molecule has 1 N–H and O–H groups in total. The summed E-state index contributed by atoms with van der Waals surface area (Å²) in [5, 5.41) is 6.68. The molecule has 5 rings (SSSR count). The summed E-state index contributed by atoms with van der Waals surface area (Å²) in [6.07, 6.45) is 6.59. The lowest BCUT2D eigenvalue weighted by Gasteiger charge is -2.55. The molecule has 1 aromatic heterocycles. The highest BCUT2D eigenvalue weighted by atomic mass is 16.6. The summed E-state index contributed by atoms with van der Waals surface area (Å²) >= 11 is 0. The van der Waals surface area contributed by atoms with Gasteiger partial charge in [-0.25, -0.2) is 0 Å². The second-order valence-corrected chi connectivity index (χ2v) is 8.52. The van der Waals surface area contributed by atoms with Crippen molar-refractivity contribution >= 4 is 11.9 Å². The van der Waals surface area contributed by atoms with Crippen LogP contribution in [-0.4, -0.2) is 28.6 Å². The first kappa shape index (κ1) is 17.5. The smallest absolute Gasteiger partial charge is 0.308 e. The van der Waals surface area contributed by atoms with E-state index in [2.05, 4.69) is 15.5 Å². The molecule has 0 aliphatic heterocycles. The number of carbonyl (C=O) groups excluding carboxylic acids is 2. The third-order valence-corrected chi connectivity index (χ3v) is 6.33. The minimum absolute atomic E-state index is 0.143. The summed E-state index contributed by atoms with van der Waals surface area (Å²) in [5.74, 6) is 2.75. The van der Waals surface area contributed by atoms with Crippen molar-refractivity contribution in [1.82, 2.24) is 15.5 Å². The fraction of sp³-hybridized carbons (Fsp3) is 0.789. The van der Waals surface area contributed by atoms with Crippen molar-refractivity contribution in [2.45, 2.75) is 64.9 Å². The van der Waals surface area contributed by atoms with E-state index in [0.29, 0.717) is 12.4 Å². The largest absolute Gasteiger partial charge is 0.452 e. The normalized spacial score (nSPS) is 33.1. The van der Waals surface area contributed by atoms with E-state index in [4.69, 9.17) is 9.26 Å². The first-order valence-corrected chi connectivity index (χ1v) is 9.71. The van der Waals surface area contributed by atoms with Crippen molar-refractivity contribution in [1.29, 1.82) is 0 Å². The predicted molar refractivity (Wildman–Crippen MR) is 91.8 cm³/mol. The molecule has 0 radical (unpaired) electrons.